The zero-order chi connectivity index (χ0) is 23.0. The first-order chi connectivity index (χ1) is 15.1. The highest BCUT2D eigenvalue weighted by Crippen LogP contribution is 2.34. The van der Waals surface area contributed by atoms with Crippen molar-refractivity contribution in [3.63, 3.8) is 0 Å². The molecule has 11 heteroatoms. The molecule has 1 saturated heterocycles. The van der Waals surface area contributed by atoms with Crippen molar-refractivity contribution in [3.05, 3.63) is 47.2 Å². The number of piperidine rings is 1. The molecule has 2 aliphatic rings. The van der Waals surface area contributed by atoms with Crippen LogP contribution in [0.2, 0.25) is 5.02 Å². The van der Waals surface area contributed by atoms with Crippen LogP contribution < -0.4 is 15.4 Å². The molecule has 0 unspecified atom stereocenters. The number of ether oxygens (including phenoxy) is 1. The molecule has 2 N–H and O–H groups in total. The van der Waals surface area contributed by atoms with Gasteiger partial charge in [0.2, 0.25) is 15.9 Å². The average Bonchev–Trinajstić information content (AvgIpc) is 2.77. The molecule has 0 radical (unpaired) electrons. The van der Waals surface area contributed by atoms with Crippen LogP contribution in [0.15, 0.2) is 41.3 Å². The lowest BCUT2D eigenvalue weighted by atomic mass is 9.99. The molecule has 170 valence electrons. The minimum Gasteiger partial charge on any atom is -0.479 e. The highest BCUT2D eigenvalue weighted by Gasteiger charge is 2.34. The second-order valence-corrected chi connectivity index (χ2v) is 10.1. The number of sulfonamides is 1. The summed E-state index contributed by atoms with van der Waals surface area (Å²) in [6.07, 6.45) is 0.352. The summed E-state index contributed by atoms with van der Waals surface area (Å²) in [4.78, 5) is 24.6. The average molecular weight is 482 g/mol. The fourth-order valence-corrected chi connectivity index (χ4v) is 5.42. The number of rotatable bonds is 4. The number of hydrogen-bond donors (Lipinski definition) is 2. The van der Waals surface area contributed by atoms with E-state index in [-0.39, 0.29) is 40.5 Å². The molecule has 0 saturated carbocycles. The quantitative estimate of drug-likeness (QED) is 0.697. The van der Waals surface area contributed by atoms with Gasteiger partial charge in [-0.3, -0.25) is 9.59 Å². The van der Waals surface area contributed by atoms with Gasteiger partial charge in [-0.2, -0.15) is 4.31 Å². The summed E-state index contributed by atoms with van der Waals surface area (Å²) in [5, 5.41) is 5.19. The van der Waals surface area contributed by atoms with Gasteiger partial charge in [0.05, 0.1) is 21.5 Å². The smallest absolute Gasteiger partial charge is 0.265 e. The Morgan fingerprint density at radius 2 is 2.06 bits per heavy atom. The molecule has 0 aromatic heterocycles. The minimum atomic E-state index is -3.90. The second kappa shape index (κ2) is 8.68. The van der Waals surface area contributed by atoms with Crippen LogP contribution in [-0.4, -0.2) is 43.7 Å². The largest absolute Gasteiger partial charge is 0.479 e. The van der Waals surface area contributed by atoms with Crippen LogP contribution in [0.1, 0.15) is 19.8 Å². The Kier molecular flexibility index (Phi) is 6.11. The number of nitrogens with one attached hydrogen (secondary N) is 2. The van der Waals surface area contributed by atoms with E-state index >= 15 is 0 Å². The Bertz CT molecular complexity index is 1190. The Labute approximate surface area is 189 Å². The van der Waals surface area contributed by atoms with Crippen molar-refractivity contribution in [3.8, 4) is 5.75 Å². The van der Waals surface area contributed by atoms with E-state index in [4.69, 9.17) is 16.3 Å². The van der Waals surface area contributed by atoms with Crippen LogP contribution in [0, 0.1) is 11.7 Å². The van der Waals surface area contributed by atoms with Crippen molar-refractivity contribution in [2.75, 3.05) is 23.7 Å². The predicted octanol–water partition coefficient (Wildman–Crippen LogP) is 3.24. The summed E-state index contributed by atoms with van der Waals surface area (Å²) in [5.41, 5.74) is 0.620. The third-order valence-corrected chi connectivity index (χ3v) is 7.61. The lowest BCUT2D eigenvalue weighted by Crippen LogP contribution is -2.43. The SMILES string of the molecule is C[C@@H]1Oc2ccc(S(=O)(=O)N3CCC[C@H](C(=O)Nc4ccc(F)c(Cl)c4)C3)cc2NC1=O. The number of halogens is 2. The van der Waals surface area contributed by atoms with E-state index in [9.17, 15) is 22.4 Å². The van der Waals surface area contributed by atoms with Gasteiger partial charge in [-0.15, -0.1) is 0 Å². The third-order valence-electron chi connectivity index (χ3n) is 5.46. The number of anilines is 2. The van der Waals surface area contributed by atoms with E-state index in [0.717, 1.165) is 6.07 Å². The molecule has 2 atom stereocenters. The molecule has 8 nitrogen and oxygen atoms in total. The van der Waals surface area contributed by atoms with Crippen molar-refractivity contribution in [1.29, 1.82) is 0 Å². The van der Waals surface area contributed by atoms with Crippen LogP contribution in [0.5, 0.6) is 5.75 Å². The number of fused-ring (bicyclic) bond motifs is 1. The lowest BCUT2D eigenvalue weighted by Gasteiger charge is -2.31. The van der Waals surface area contributed by atoms with Gasteiger partial charge in [-0.1, -0.05) is 11.6 Å². The number of carbonyl (C=O) groups excluding carboxylic acids is 2. The summed E-state index contributed by atoms with van der Waals surface area (Å²) in [6, 6.07) is 8.12. The van der Waals surface area contributed by atoms with Gasteiger partial charge >= 0.3 is 0 Å². The molecular weight excluding hydrogens is 461 g/mol. The van der Waals surface area contributed by atoms with E-state index in [1.165, 1.54) is 34.6 Å². The van der Waals surface area contributed by atoms with Crippen LogP contribution in [-0.2, 0) is 19.6 Å². The number of amides is 2. The standard InChI is InChI=1S/C21H21ClFN3O5S/c1-12-20(27)25-18-10-15(5-7-19(18)31-12)32(29,30)26-8-2-3-13(11-26)21(28)24-14-4-6-17(23)16(22)9-14/h4-7,9-10,12-13H,2-3,8,11H2,1H3,(H,24,28)(H,25,27)/t12-,13-/m0/s1. The zero-order valence-corrected chi connectivity index (χ0v) is 18.7. The minimum absolute atomic E-state index is 0.0000709. The first kappa shape index (κ1) is 22.5. The van der Waals surface area contributed by atoms with Crippen molar-refractivity contribution in [2.24, 2.45) is 5.92 Å². The number of hydrogen-bond acceptors (Lipinski definition) is 5. The summed E-state index contributed by atoms with van der Waals surface area (Å²) < 4.78 is 46.5. The zero-order valence-electron chi connectivity index (χ0n) is 17.1. The Morgan fingerprint density at radius 1 is 1.28 bits per heavy atom. The molecule has 2 aromatic carbocycles. The van der Waals surface area contributed by atoms with Gasteiger partial charge < -0.3 is 15.4 Å². The van der Waals surface area contributed by atoms with Gasteiger partial charge in [0.25, 0.3) is 5.91 Å². The summed E-state index contributed by atoms with van der Waals surface area (Å²) >= 11 is 5.75. The van der Waals surface area contributed by atoms with Gasteiger partial charge in [-0.25, -0.2) is 12.8 Å². The van der Waals surface area contributed by atoms with Crippen LogP contribution in [0.3, 0.4) is 0 Å². The number of carbonyl (C=O) groups is 2. The second-order valence-electron chi connectivity index (χ2n) is 7.73. The lowest BCUT2D eigenvalue weighted by molar-refractivity contribution is -0.123. The van der Waals surface area contributed by atoms with Crippen LogP contribution in [0.4, 0.5) is 15.8 Å². The van der Waals surface area contributed by atoms with Crippen LogP contribution >= 0.6 is 11.6 Å². The van der Waals surface area contributed by atoms with E-state index in [2.05, 4.69) is 10.6 Å². The maximum atomic E-state index is 13.3. The molecule has 4 rings (SSSR count). The molecule has 32 heavy (non-hydrogen) atoms. The molecule has 2 amide bonds. The van der Waals surface area contributed by atoms with Gasteiger partial charge in [0.1, 0.15) is 11.6 Å². The molecule has 2 aromatic rings. The maximum Gasteiger partial charge on any atom is 0.265 e. The number of benzene rings is 2. The predicted molar refractivity (Wildman–Crippen MR) is 117 cm³/mol. The molecule has 0 bridgehead atoms. The van der Waals surface area contributed by atoms with Crippen molar-refractivity contribution < 1.29 is 27.1 Å². The molecular formula is C21H21ClFN3O5S. The first-order valence-electron chi connectivity index (χ1n) is 10.0. The van der Waals surface area contributed by atoms with E-state index in [0.29, 0.717) is 24.3 Å². The molecule has 2 aliphatic heterocycles. The fraction of sp³-hybridized carbons (Fsp3) is 0.333. The highest BCUT2D eigenvalue weighted by atomic mass is 35.5. The highest BCUT2D eigenvalue weighted by molar-refractivity contribution is 7.89. The van der Waals surface area contributed by atoms with Crippen molar-refractivity contribution in [2.45, 2.75) is 30.8 Å². The molecule has 2 heterocycles. The number of nitrogens with zero attached hydrogens (tertiary/aromatic N) is 1. The molecule has 0 aliphatic carbocycles. The maximum absolute atomic E-state index is 13.3. The molecule has 0 spiro atoms. The van der Waals surface area contributed by atoms with Crippen molar-refractivity contribution in [1.82, 2.24) is 4.31 Å². The topological polar surface area (TPSA) is 105 Å². The Balaban J connectivity index is 1.50. The van der Waals surface area contributed by atoms with E-state index in [1.54, 1.807) is 6.92 Å². The van der Waals surface area contributed by atoms with E-state index in [1.807, 2.05) is 0 Å². The van der Waals surface area contributed by atoms with Gasteiger partial charge in [0, 0.05) is 18.8 Å². The Morgan fingerprint density at radius 3 is 2.81 bits per heavy atom. The van der Waals surface area contributed by atoms with Crippen molar-refractivity contribution >= 4 is 44.8 Å². The summed E-state index contributed by atoms with van der Waals surface area (Å²) in [5.74, 6) is -1.51. The van der Waals surface area contributed by atoms with Crippen LogP contribution in [0.25, 0.3) is 0 Å². The molecule has 1 fully saturated rings. The fourth-order valence-electron chi connectivity index (χ4n) is 3.69. The third kappa shape index (κ3) is 4.43. The van der Waals surface area contributed by atoms with Gasteiger partial charge in [-0.05, 0) is 56.2 Å². The monoisotopic (exact) mass is 481 g/mol. The normalized spacial score (nSPS) is 21.3. The summed E-state index contributed by atoms with van der Waals surface area (Å²) in [6.45, 7) is 1.87. The Hall–Kier alpha value is -2.69. The first-order valence-corrected chi connectivity index (χ1v) is 11.8. The summed E-state index contributed by atoms with van der Waals surface area (Å²) in [7, 11) is -3.90. The van der Waals surface area contributed by atoms with Gasteiger partial charge in [0.15, 0.2) is 6.10 Å². The van der Waals surface area contributed by atoms with E-state index < -0.39 is 27.9 Å².